The lowest BCUT2D eigenvalue weighted by Crippen LogP contribution is -2.57. The zero-order chi connectivity index (χ0) is 13.9. The molecule has 104 valence electrons. The summed E-state index contributed by atoms with van der Waals surface area (Å²) >= 11 is 0. The number of nitrogens with one attached hydrogen (secondary N) is 1. The molecule has 1 amide bonds. The van der Waals surface area contributed by atoms with E-state index in [1.165, 1.54) is 6.42 Å². The second-order valence-corrected chi connectivity index (χ2v) is 6.12. The molecule has 2 N–H and O–H groups in total. The van der Waals surface area contributed by atoms with Crippen molar-refractivity contribution >= 4 is 11.9 Å². The lowest BCUT2D eigenvalue weighted by molar-refractivity contribution is -0.150. The van der Waals surface area contributed by atoms with Crippen molar-refractivity contribution in [2.75, 3.05) is 0 Å². The maximum Gasteiger partial charge on any atom is 0.329 e. The summed E-state index contributed by atoms with van der Waals surface area (Å²) in [7, 11) is 0. The number of aliphatic carboxylic acids is 1. The van der Waals surface area contributed by atoms with E-state index >= 15 is 0 Å². The van der Waals surface area contributed by atoms with Gasteiger partial charge < -0.3 is 10.4 Å². The van der Waals surface area contributed by atoms with E-state index in [1.54, 1.807) is 6.92 Å². The van der Waals surface area contributed by atoms with Crippen molar-refractivity contribution < 1.29 is 14.7 Å². The summed E-state index contributed by atoms with van der Waals surface area (Å²) < 4.78 is 0. The first-order valence-electron chi connectivity index (χ1n) is 6.82. The number of rotatable bonds is 4. The second-order valence-electron chi connectivity index (χ2n) is 6.12. The van der Waals surface area contributed by atoms with Gasteiger partial charge in [-0.15, -0.1) is 0 Å². The van der Waals surface area contributed by atoms with Gasteiger partial charge in [0.15, 0.2) is 0 Å². The van der Waals surface area contributed by atoms with E-state index in [0.717, 1.165) is 19.3 Å². The third-order valence-corrected chi connectivity index (χ3v) is 4.29. The van der Waals surface area contributed by atoms with Gasteiger partial charge in [0, 0.05) is 5.92 Å². The molecule has 4 nitrogen and oxygen atoms in total. The molecule has 0 aromatic heterocycles. The molecule has 0 saturated heterocycles. The van der Waals surface area contributed by atoms with E-state index < -0.39 is 11.5 Å². The van der Waals surface area contributed by atoms with Crippen LogP contribution in [0, 0.1) is 17.8 Å². The summed E-state index contributed by atoms with van der Waals surface area (Å²) in [5, 5.41) is 12.0. The molecule has 0 heterocycles. The molecular formula is C14H25NO3. The van der Waals surface area contributed by atoms with E-state index in [2.05, 4.69) is 12.2 Å². The minimum atomic E-state index is -1.17. The monoisotopic (exact) mass is 255 g/mol. The predicted molar refractivity (Wildman–Crippen MR) is 70.1 cm³/mol. The highest BCUT2D eigenvalue weighted by Gasteiger charge is 2.40. The molecule has 0 aromatic carbocycles. The summed E-state index contributed by atoms with van der Waals surface area (Å²) in [4.78, 5) is 23.5. The molecule has 3 atom stereocenters. The van der Waals surface area contributed by atoms with Crippen LogP contribution in [0.25, 0.3) is 0 Å². The molecular weight excluding hydrogens is 230 g/mol. The molecule has 1 aliphatic rings. The second kappa shape index (κ2) is 5.72. The zero-order valence-corrected chi connectivity index (χ0v) is 11.8. The first-order valence-corrected chi connectivity index (χ1v) is 6.82. The van der Waals surface area contributed by atoms with Gasteiger partial charge in [-0.3, -0.25) is 4.79 Å². The first-order chi connectivity index (χ1) is 8.27. The topological polar surface area (TPSA) is 66.4 Å². The fraction of sp³-hybridized carbons (Fsp3) is 0.857. The van der Waals surface area contributed by atoms with Gasteiger partial charge in [0.25, 0.3) is 0 Å². The first kappa shape index (κ1) is 15.0. The Morgan fingerprint density at radius 3 is 2.39 bits per heavy atom. The Hall–Kier alpha value is -1.06. The van der Waals surface area contributed by atoms with E-state index in [-0.39, 0.29) is 17.7 Å². The number of carboxylic acids is 1. The van der Waals surface area contributed by atoms with E-state index in [1.807, 2.05) is 13.8 Å². The molecule has 0 aliphatic heterocycles. The third kappa shape index (κ3) is 3.24. The molecule has 0 aromatic rings. The zero-order valence-electron chi connectivity index (χ0n) is 11.8. The average Bonchev–Trinajstić information content (AvgIpc) is 2.28. The van der Waals surface area contributed by atoms with E-state index in [0.29, 0.717) is 5.92 Å². The van der Waals surface area contributed by atoms with Crippen molar-refractivity contribution in [3.05, 3.63) is 0 Å². The number of carbonyl (C=O) groups excluding carboxylic acids is 1. The van der Waals surface area contributed by atoms with Gasteiger partial charge in [-0.1, -0.05) is 33.6 Å². The SMILES string of the molecule is CC1CCCC(C(=O)NC(C)(C(=O)O)C(C)C)C1. The van der Waals surface area contributed by atoms with E-state index in [4.69, 9.17) is 0 Å². The lowest BCUT2D eigenvalue weighted by Gasteiger charge is -2.33. The Labute approximate surface area is 109 Å². The van der Waals surface area contributed by atoms with Crippen LogP contribution in [0.1, 0.15) is 53.4 Å². The molecule has 0 radical (unpaired) electrons. The number of carbonyl (C=O) groups is 2. The standard InChI is InChI=1S/C14H25NO3/c1-9(2)14(4,13(17)18)15-12(16)11-7-5-6-10(3)8-11/h9-11H,5-8H2,1-4H3,(H,15,16)(H,17,18). The summed E-state index contributed by atoms with van der Waals surface area (Å²) in [6, 6.07) is 0. The Morgan fingerprint density at radius 2 is 1.94 bits per heavy atom. The Kier molecular flexibility index (Phi) is 4.77. The maximum atomic E-state index is 12.2. The molecule has 1 rings (SSSR count). The molecule has 0 spiro atoms. The highest BCUT2D eigenvalue weighted by Crippen LogP contribution is 2.29. The smallest absolute Gasteiger partial charge is 0.329 e. The number of amides is 1. The summed E-state index contributed by atoms with van der Waals surface area (Å²) in [5.74, 6) is -0.661. The summed E-state index contributed by atoms with van der Waals surface area (Å²) in [6.07, 6.45) is 3.98. The van der Waals surface area contributed by atoms with Gasteiger partial charge in [-0.25, -0.2) is 4.79 Å². The van der Waals surface area contributed by atoms with Crippen LogP contribution in [0.15, 0.2) is 0 Å². The summed E-state index contributed by atoms with van der Waals surface area (Å²) in [6.45, 7) is 7.37. The van der Waals surface area contributed by atoms with Crippen LogP contribution in [0.4, 0.5) is 0 Å². The van der Waals surface area contributed by atoms with Crippen LogP contribution in [-0.2, 0) is 9.59 Å². The molecule has 18 heavy (non-hydrogen) atoms. The van der Waals surface area contributed by atoms with Gasteiger partial charge in [-0.2, -0.15) is 0 Å². The van der Waals surface area contributed by atoms with Crippen molar-refractivity contribution in [2.45, 2.75) is 58.9 Å². The largest absolute Gasteiger partial charge is 0.480 e. The highest BCUT2D eigenvalue weighted by atomic mass is 16.4. The fourth-order valence-corrected chi connectivity index (χ4v) is 2.47. The molecule has 1 saturated carbocycles. The van der Waals surface area contributed by atoms with Crippen LogP contribution in [0.2, 0.25) is 0 Å². The minimum Gasteiger partial charge on any atom is -0.480 e. The van der Waals surface area contributed by atoms with Crippen molar-refractivity contribution in [2.24, 2.45) is 17.8 Å². The third-order valence-electron chi connectivity index (χ3n) is 4.29. The van der Waals surface area contributed by atoms with Crippen LogP contribution >= 0.6 is 0 Å². The van der Waals surface area contributed by atoms with E-state index in [9.17, 15) is 14.7 Å². The fourth-order valence-electron chi connectivity index (χ4n) is 2.47. The van der Waals surface area contributed by atoms with Gasteiger partial charge >= 0.3 is 5.97 Å². The molecule has 1 aliphatic carbocycles. The average molecular weight is 255 g/mol. The summed E-state index contributed by atoms with van der Waals surface area (Å²) in [5.41, 5.74) is -1.17. The van der Waals surface area contributed by atoms with Crippen LogP contribution in [0.3, 0.4) is 0 Å². The normalized spacial score (nSPS) is 27.6. The van der Waals surface area contributed by atoms with Gasteiger partial charge in [-0.05, 0) is 31.6 Å². The minimum absolute atomic E-state index is 0.0221. The quantitative estimate of drug-likeness (QED) is 0.810. The maximum absolute atomic E-state index is 12.2. The number of carboxylic acid groups (broad SMARTS) is 1. The van der Waals surface area contributed by atoms with Gasteiger partial charge in [0.2, 0.25) is 5.91 Å². The van der Waals surface area contributed by atoms with Crippen molar-refractivity contribution in [1.29, 1.82) is 0 Å². The van der Waals surface area contributed by atoms with Gasteiger partial charge in [0.05, 0.1) is 0 Å². The predicted octanol–water partition coefficient (Wildman–Crippen LogP) is 2.43. The Bertz CT molecular complexity index is 327. The molecule has 1 fully saturated rings. The van der Waals surface area contributed by atoms with Crippen molar-refractivity contribution in [3.8, 4) is 0 Å². The van der Waals surface area contributed by atoms with Crippen LogP contribution in [0.5, 0.6) is 0 Å². The number of hydrogen-bond donors (Lipinski definition) is 2. The molecule has 0 bridgehead atoms. The Balaban J connectivity index is 2.70. The Morgan fingerprint density at radius 1 is 1.33 bits per heavy atom. The van der Waals surface area contributed by atoms with Crippen LogP contribution in [-0.4, -0.2) is 22.5 Å². The highest BCUT2D eigenvalue weighted by molar-refractivity contribution is 5.88. The molecule has 4 heteroatoms. The van der Waals surface area contributed by atoms with Gasteiger partial charge in [0.1, 0.15) is 5.54 Å². The number of hydrogen-bond acceptors (Lipinski definition) is 2. The molecule has 3 unspecified atom stereocenters. The van der Waals surface area contributed by atoms with Crippen molar-refractivity contribution in [1.82, 2.24) is 5.32 Å². The van der Waals surface area contributed by atoms with Crippen LogP contribution < -0.4 is 5.32 Å². The van der Waals surface area contributed by atoms with Crippen molar-refractivity contribution in [3.63, 3.8) is 0 Å². The lowest BCUT2D eigenvalue weighted by atomic mass is 9.80.